The molecule has 2 aromatic rings. The summed E-state index contributed by atoms with van der Waals surface area (Å²) in [5.41, 5.74) is 3.06. The first-order chi connectivity index (χ1) is 11.5. The van der Waals surface area contributed by atoms with Crippen molar-refractivity contribution in [3.63, 3.8) is 0 Å². The molecule has 0 unspecified atom stereocenters. The third-order valence-corrected chi connectivity index (χ3v) is 3.71. The summed E-state index contributed by atoms with van der Waals surface area (Å²) in [6.07, 6.45) is 0.395. The van der Waals surface area contributed by atoms with E-state index in [1.165, 1.54) is 12.1 Å². The van der Waals surface area contributed by atoms with Crippen molar-refractivity contribution in [1.29, 1.82) is 0 Å². The molecule has 0 aromatic heterocycles. The Kier molecular flexibility index (Phi) is 6.49. The maximum absolute atomic E-state index is 12.8. The number of rotatable bonds is 7. The number of hydrogen-bond donors (Lipinski definition) is 2. The highest BCUT2D eigenvalue weighted by Gasteiger charge is 2.09. The second kappa shape index (κ2) is 8.82. The standard InChI is InChI=1S/C19H21FN2O2/c1-14-4-2-3-5-16(14)13-22-19(24)12-18(23)21-11-10-15-6-8-17(20)9-7-15/h2-9H,10-13H2,1H3,(H,21,23)(H,22,24). The van der Waals surface area contributed by atoms with Gasteiger partial charge in [-0.2, -0.15) is 0 Å². The summed E-state index contributed by atoms with van der Waals surface area (Å²) in [6, 6.07) is 13.9. The van der Waals surface area contributed by atoms with E-state index in [-0.39, 0.29) is 24.1 Å². The van der Waals surface area contributed by atoms with Crippen LogP contribution in [0.2, 0.25) is 0 Å². The highest BCUT2D eigenvalue weighted by atomic mass is 19.1. The van der Waals surface area contributed by atoms with E-state index in [1.807, 2.05) is 31.2 Å². The van der Waals surface area contributed by atoms with Crippen LogP contribution in [-0.2, 0) is 22.6 Å². The first-order valence-corrected chi connectivity index (χ1v) is 7.87. The number of amides is 2. The molecule has 126 valence electrons. The van der Waals surface area contributed by atoms with E-state index in [0.29, 0.717) is 19.5 Å². The van der Waals surface area contributed by atoms with E-state index in [0.717, 1.165) is 16.7 Å². The molecule has 0 saturated carbocycles. The molecule has 0 fully saturated rings. The van der Waals surface area contributed by atoms with Crippen molar-refractivity contribution in [1.82, 2.24) is 10.6 Å². The van der Waals surface area contributed by atoms with Gasteiger partial charge in [0.2, 0.25) is 11.8 Å². The fourth-order valence-corrected chi connectivity index (χ4v) is 2.27. The van der Waals surface area contributed by atoms with Crippen molar-refractivity contribution >= 4 is 11.8 Å². The van der Waals surface area contributed by atoms with Crippen molar-refractivity contribution in [2.45, 2.75) is 26.3 Å². The fraction of sp³-hybridized carbons (Fsp3) is 0.263. The molecule has 0 aliphatic heterocycles. The molecule has 2 rings (SSSR count). The molecule has 2 amide bonds. The van der Waals surface area contributed by atoms with Gasteiger partial charge in [-0.25, -0.2) is 4.39 Å². The van der Waals surface area contributed by atoms with Crippen LogP contribution in [0.5, 0.6) is 0 Å². The zero-order chi connectivity index (χ0) is 17.4. The number of aryl methyl sites for hydroxylation is 1. The Morgan fingerprint density at radius 3 is 2.33 bits per heavy atom. The maximum atomic E-state index is 12.8. The Hall–Kier alpha value is -2.69. The van der Waals surface area contributed by atoms with Crippen LogP contribution in [0.4, 0.5) is 4.39 Å². The van der Waals surface area contributed by atoms with Gasteiger partial charge in [-0.15, -0.1) is 0 Å². The Bertz CT molecular complexity index is 699. The molecule has 0 aliphatic carbocycles. The summed E-state index contributed by atoms with van der Waals surface area (Å²) in [4.78, 5) is 23.5. The third-order valence-electron chi connectivity index (χ3n) is 3.71. The van der Waals surface area contributed by atoms with E-state index in [1.54, 1.807) is 12.1 Å². The minimum absolute atomic E-state index is 0.199. The van der Waals surface area contributed by atoms with Gasteiger partial charge in [-0.3, -0.25) is 9.59 Å². The predicted octanol–water partition coefficient (Wildman–Crippen LogP) is 2.50. The molecular weight excluding hydrogens is 307 g/mol. The molecule has 0 spiro atoms. The van der Waals surface area contributed by atoms with Gasteiger partial charge in [0.1, 0.15) is 12.2 Å². The van der Waals surface area contributed by atoms with Crippen molar-refractivity contribution in [2.75, 3.05) is 6.54 Å². The Balaban J connectivity index is 1.67. The maximum Gasteiger partial charge on any atom is 0.229 e. The molecule has 0 aliphatic rings. The molecule has 5 heteroatoms. The lowest BCUT2D eigenvalue weighted by molar-refractivity contribution is -0.129. The van der Waals surface area contributed by atoms with Crippen molar-refractivity contribution in [3.05, 3.63) is 71.0 Å². The van der Waals surface area contributed by atoms with Crippen LogP contribution < -0.4 is 10.6 Å². The lowest BCUT2D eigenvalue weighted by atomic mass is 10.1. The van der Waals surface area contributed by atoms with E-state index in [9.17, 15) is 14.0 Å². The van der Waals surface area contributed by atoms with Crippen LogP contribution in [0.1, 0.15) is 23.1 Å². The molecule has 0 heterocycles. The first kappa shape index (κ1) is 17.7. The van der Waals surface area contributed by atoms with Gasteiger partial charge in [-0.05, 0) is 42.2 Å². The number of benzene rings is 2. The smallest absolute Gasteiger partial charge is 0.229 e. The minimum atomic E-state index is -0.320. The van der Waals surface area contributed by atoms with E-state index < -0.39 is 0 Å². The number of hydrogen-bond acceptors (Lipinski definition) is 2. The van der Waals surface area contributed by atoms with Gasteiger partial charge in [0.05, 0.1) is 0 Å². The second-order valence-corrected chi connectivity index (χ2v) is 5.61. The molecule has 24 heavy (non-hydrogen) atoms. The molecule has 0 radical (unpaired) electrons. The number of nitrogens with one attached hydrogen (secondary N) is 2. The predicted molar refractivity (Wildman–Crippen MR) is 90.8 cm³/mol. The monoisotopic (exact) mass is 328 g/mol. The quantitative estimate of drug-likeness (QED) is 0.767. The third kappa shape index (κ3) is 5.83. The number of carbonyl (C=O) groups excluding carboxylic acids is 2. The van der Waals surface area contributed by atoms with Crippen LogP contribution in [0.25, 0.3) is 0 Å². The topological polar surface area (TPSA) is 58.2 Å². The molecule has 0 bridgehead atoms. The van der Waals surface area contributed by atoms with Gasteiger partial charge in [0.15, 0.2) is 0 Å². The lowest BCUT2D eigenvalue weighted by Crippen LogP contribution is -2.32. The summed E-state index contributed by atoms with van der Waals surface area (Å²) in [5.74, 6) is -0.912. The average Bonchev–Trinajstić information content (AvgIpc) is 2.56. The largest absolute Gasteiger partial charge is 0.355 e. The van der Waals surface area contributed by atoms with Gasteiger partial charge in [0.25, 0.3) is 0 Å². The highest BCUT2D eigenvalue weighted by Crippen LogP contribution is 2.06. The van der Waals surface area contributed by atoms with Crippen molar-refractivity contribution in [3.8, 4) is 0 Å². The van der Waals surface area contributed by atoms with Crippen LogP contribution in [0, 0.1) is 12.7 Å². The van der Waals surface area contributed by atoms with Gasteiger partial charge >= 0.3 is 0 Å². The summed E-state index contributed by atoms with van der Waals surface area (Å²) in [7, 11) is 0. The normalized spacial score (nSPS) is 10.2. The SMILES string of the molecule is Cc1ccccc1CNC(=O)CC(=O)NCCc1ccc(F)cc1. The summed E-state index contributed by atoms with van der Waals surface area (Å²) in [5, 5.41) is 5.44. The molecule has 2 aromatic carbocycles. The Morgan fingerprint density at radius 2 is 1.62 bits per heavy atom. The van der Waals surface area contributed by atoms with E-state index in [2.05, 4.69) is 10.6 Å². The van der Waals surface area contributed by atoms with Gasteiger partial charge < -0.3 is 10.6 Å². The molecule has 0 saturated heterocycles. The van der Waals surface area contributed by atoms with Crippen molar-refractivity contribution < 1.29 is 14.0 Å². The van der Waals surface area contributed by atoms with Crippen LogP contribution in [-0.4, -0.2) is 18.4 Å². The average molecular weight is 328 g/mol. The van der Waals surface area contributed by atoms with E-state index >= 15 is 0 Å². The molecular formula is C19H21FN2O2. The summed E-state index contributed by atoms with van der Waals surface area (Å²) < 4.78 is 12.8. The van der Waals surface area contributed by atoms with E-state index in [4.69, 9.17) is 0 Å². The Morgan fingerprint density at radius 1 is 0.958 bits per heavy atom. The zero-order valence-electron chi connectivity index (χ0n) is 13.6. The second-order valence-electron chi connectivity index (χ2n) is 5.61. The fourth-order valence-electron chi connectivity index (χ4n) is 2.27. The number of carbonyl (C=O) groups is 2. The summed E-state index contributed by atoms with van der Waals surface area (Å²) in [6.45, 7) is 2.80. The number of halogens is 1. The zero-order valence-corrected chi connectivity index (χ0v) is 13.6. The first-order valence-electron chi connectivity index (χ1n) is 7.87. The van der Waals surface area contributed by atoms with Crippen LogP contribution in [0.15, 0.2) is 48.5 Å². The molecule has 2 N–H and O–H groups in total. The molecule has 0 atom stereocenters. The van der Waals surface area contributed by atoms with Crippen LogP contribution in [0.3, 0.4) is 0 Å². The van der Waals surface area contributed by atoms with Crippen LogP contribution >= 0.6 is 0 Å². The van der Waals surface area contributed by atoms with Crippen molar-refractivity contribution in [2.24, 2.45) is 0 Å². The summed E-state index contributed by atoms with van der Waals surface area (Å²) >= 11 is 0. The van der Waals surface area contributed by atoms with Gasteiger partial charge in [-0.1, -0.05) is 36.4 Å². The Labute approximate surface area is 141 Å². The van der Waals surface area contributed by atoms with Gasteiger partial charge in [0, 0.05) is 13.1 Å². The molecule has 4 nitrogen and oxygen atoms in total. The minimum Gasteiger partial charge on any atom is -0.355 e. The lowest BCUT2D eigenvalue weighted by Gasteiger charge is -2.08. The highest BCUT2D eigenvalue weighted by molar-refractivity contribution is 5.96.